The monoisotopic (exact) mass is 393 g/mol. The van der Waals surface area contributed by atoms with E-state index < -0.39 is 11.4 Å². The fourth-order valence-corrected chi connectivity index (χ4v) is 3.24. The van der Waals surface area contributed by atoms with Crippen LogP contribution in [0.2, 0.25) is 0 Å². The molecule has 0 spiro atoms. The number of hydrogen-bond donors (Lipinski definition) is 1. The van der Waals surface area contributed by atoms with Gasteiger partial charge in [0.2, 0.25) is 0 Å². The maximum Gasteiger partial charge on any atom is 0.359 e. The minimum atomic E-state index is -0.534. The first kappa shape index (κ1) is 17.6. The number of H-pyrrole nitrogens is 1. The van der Waals surface area contributed by atoms with E-state index in [1.807, 2.05) is 43.3 Å². The van der Waals surface area contributed by atoms with Gasteiger partial charge in [-0.05, 0) is 55.3 Å². The van der Waals surface area contributed by atoms with Crippen molar-refractivity contribution in [3.63, 3.8) is 0 Å². The van der Waals surface area contributed by atoms with Crippen molar-refractivity contribution in [2.75, 3.05) is 0 Å². The minimum Gasteiger partial charge on any atom is -0.306 e. The Morgan fingerprint density at radius 2 is 1.80 bits per heavy atom. The van der Waals surface area contributed by atoms with Crippen molar-refractivity contribution in [1.82, 2.24) is 24.1 Å². The SMILES string of the molecule is Cc1ccc(-n2nc3c4cc(C#Cc5ccccn5)ccc4[nH]c(=O)n3c2=O)cc1. The molecule has 144 valence electrons. The van der Waals surface area contributed by atoms with Crippen LogP contribution in [-0.2, 0) is 0 Å². The Bertz CT molecular complexity index is 1580. The standard InChI is InChI=1S/C23H15N5O2/c1-15-5-10-18(11-6-15)28-23(30)27-21(26-28)19-14-16(8-12-20(19)25-22(27)29)7-9-17-4-2-3-13-24-17/h2-6,8,10-14H,1H3,(H,25,29). The average molecular weight is 393 g/mol. The zero-order valence-corrected chi connectivity index (χ0v) is 16.0. The van der Waals surface area contributed by atoms with E-state index in [0.717, 1.165) is 15.5 Å². The van der Waals surface area contributed by atoms with Crippen molar-refractivity contribution in [1.29, 1.82) is 0 Å². The Labute approximate surface area is 170 Å². The summed E-state index contributed by atoms with van der Waals surface area (Å²) in [5.74, 6) is 6.07. The Hall–Kier alpha value is -4.44. The van der Waals surface area contributed by atoms with Crippen LogP contribution in [0.3, 0.4) is 0 Å². The van der Waals surface area contributed by atoms with E-state index in [1.54, 1.807) is 30.5 Å². The molecule has 3 aromatic heterocycles. The second kappa shape index (κ2) is 6.87. The van der Waals surface area contributed by atoms with Crippen LogP contribution in [0.1, 0.15) is 16.8 Å². The lowest BCUT2D eigenvalue weighted by Crippen LogP contribution is -2.29. The smallest absolute Gasteiger partial charge is 0.306 e. The first-order valence-electron chi connectivity index (χ1n) is 9.28. The highest BCUT2D eigenvalue weighted by Gasteiger charge is 2.15. The Morgan fingerprint density at radius 3 is 2.57 bits per heavy atom. The second-order valence-electron chi connectivity index (χ2n) is 6.84. The summed E-state index contributed by atoms with van der Waals surface area (Å²) in [4.78, 5) is 32.3. The van der Waals surface area contributed by atoms with E-state index in [0.29, 0.717) is 22.3 Å². The summed E-state index contributed by atoms with van der Waals surface area (Å²) in [7, 11) is 0. The number of benzene rings is 2. The van der Waals surface area contributed by atoms with E-state index >= 15 is 0 Å². The van der Waals surface area contributed by atoms with Gasteiger partial charge in [0, 0.05) is 17.1 Å². The average Bonchev–Trinajstić information content (AvgIpc) is 3.12. The number of rotatable bonds is 1. The molecule has 3 heterocycles. The highest BCUT2D eigenvalue weighted by atomic mass is 16.2. The minimum absolute atomic E-state index is 0.279. The van der Waals surface area contributed by atoms with Crippen molar-refractivity contribution >= 4 is 16.6 Å². The van der Waals surface area contributed by atoms with E-state index in [-0.39, 0.29) is 5.65 Å². The van der Waals surface area contributed by atoms with Crippen molar-refractivity contribution in [3.8, 4) is 17.5 Å². The number of hydrogen-bond acceptors (Lipinski definition) is 4. The van der Waals surface area contributed by atoms with E-state index in [1.165, 1.54) is 4.68 Å². The quantitative estimate of drug-likeness (QED) is 0.443. The van der Waals surface area contributed by atoms with Gasteiger partial charge in [0.05, 0.1) is 11.2 Å². The number of nitrogens with one attached hydrogen (secondary N) is 1. The maximum atomic E-state index is 12.9. The number of aromatic nitrogens is 5. The van der Waals surface area contributed by atoms with Gasteiger partial charge in [-0.3, -0.25) is 0 Å². The van der Waals surface area contributed by atoms with Crippen molar-refractivity contribution in [3.05, 3.63) is 105 Å². The number of fused-ring (bicyclic) bond motifs is 3. The van der Waals surface area contributed by atoms with Crippen LogP contribution >= 0.6 is 0 Å². The molecule has 1 N–H and O–H groups in total. The third-order valence-electron chi connectivity index (χ3n) is 4.76. The second-order valence-corrected chi connectivity index (χ2v) is 6.84. The molecule has 0 aliphatic carbocycles. The maximum absolute atomic E-state index is 12.9. The first-order chi connectivity index (χ1) is 14.6. The van der Waals surface area contributed by atoms with Crippen molar-refractivity contribution in [2.45, 2.75) is 6.92 Å². The van der Waals surface area contributed by atoms with Crippen LogP contribution in [0.25, 0.3) is 22.2 Å². The predicted octanol–water partition coefficient (Wildman–Crippen LogP) is 2.43. The molecule has 0 radical (unpaired) electrons. The van der Waals surface area contributed by atoms with Crippen molar-refractivity contribution in [2.24, 2.45) is 0 Å². The lowest BCUT2D eigenvalue weighted by molar-refractivity contribution is 0.827. The molecule has 7 heteroatoms. The molecule has 0 amide bonds. The van der Waals surface area contributed by atoms with Gasteiger partial charge >= 0.3 is 11.4 Å². The molecular weight excluding hydrogens is 378 g/mol. The zero-order valence-electron chi connectivity index (χ0n) is 16.0. The van der Waals surface area contributed by atoms with Crippen LogP contribution < -0.4 is 11.4 Å². The van der Waals surface area contributed by atoms with Crippen molar-refractivity contribution < 1.29 is 0 Å². The van der Waals surface area contributed by atoms with Crippen LogP contribution in [0.5, 0.6) is 0 Å². The lowest BCUT2D eigenvalue weighted by atomic mass is 10.1. The summed E-state index contributed by atoms with van der Waals surface area (Å²) in [6.45, 7) is 1.96. The van der Waals surface area contributed by atoms with E-state index in [2.05, 4.69) is 26.9 Å². The molecule has 30 heavy (non-hydrogen) atoms. The van der Waals surface area contributed by atoms with Crippen LogP contribution in [0.4, 0.5) is 0 Å². The summed E-state index contributed by atoms with van der Waals surface area (Å²) < 4.78 is 2.27. The molecule has 0 unspecified atom stereocenters. The molecule has 5 rings (SSSR count). The summed E-state index contributed by atoms with van der Waals surface area (Å²) >= 11 is 0. The summed E-state index contributed by atoms with van der Waals surface area (Å²) in [6, 6.07) is 18.3. The molecule has 0 saturated carbocycles. The number of pyridine rings is 1. The molecular formula is C23H15N5O2. The highest BCUT2D eigenvalue weighted by molar-refractivity contribution is 5.91. The van der Waals surface area contributed by atoms with Gasteiger partial charge in [-0.15, -0.1) is 5.10 Å². The normalized spacial score (nSPS) is 10.8. The van der Waals surface area contributed by atoms with Gasteiger partial charge in [0.25, 0.3) is 0 Å². The number of aromatic amines is 1. The molecule has 0 atom stereocenters. The van der Waals surface area contributed by atoms with E-state index in [9.17, 15) is 9.59 Å². The Kier molecular flexibility index (Phi) is 4.04. The number of aryl methyl sites for hydroxylation is 1. The molecule has 2 aromatic carbocycles. The predicted molar refractivity (Wildman–Crippen MR) is 114 cm³/mol. The van der Waals surface area contributed by atoms with Crippen LogP contribution in [0, 0.1) is 18.8 Å². The topological polar surface area (TPSA) is 85.1 Å². The Balaban J connectivity index is 1.72. The number of nitrogens with zero attached hydrogens (tertiary/aromatic N) is 4. The van der Waals surface area contributed by atoms with Gasteiger partial charge in [-0.2, -0.15) is 9.08 Å². The molecule has 0 aliphatic rings. The van der Waals surface area contributed by atoms with Crippen LogP contribution in [0.15, 0.2) is 76.4 Å². The van der Waals surface area contributed by atoms with Crippen LogP contribution in [-0.4, -0.2) is 24.1 Å². The molecule has 7 nitrogen and oxygen atoms in total. The summed E-state index contributed by atoms with van der Waals surface area (Å²) in [5.41, 5.74) is 2.83. The lowest BCUT2D eigenvalue weighted by Gasteiger charge is -2.00. The van der Waals surface area contributed by atoms with Gasteiger partial charge < -0.3 is 4.98 Å². The molecule has 0 saturated heterocycles. The fraction of sp³-hybridized carbons (Fsp3) is 0.0435. The summed E-state index contributed by atoms with van der Waals surface area (Å²) in [5, 5.41) is 5.08. The highest BCUT2D eigenvalue weighted by Crippen LogP contribution is 2.17. The Morgan fingerprint density at radius 1 is 0.967 bits per heavy atom. The molecule has 0 bridgehead atoms. The zero-order chi connectivity index (χ0) is 20.7. The third kappa shape index (κ3) is 2.97. The summed E-state index contributed by atoms with van der Waals surface area (Å²) in [6.07, 6.45) is 1.68. The molecule has 0 aliphatic heterocycles. The van der Waals surface area contributed by atoms with E-state index in [4.69, 9.17) is 0 Å². The van der Waals surface area contributed by atoms with Gasteiger partial charge in [-0.25, -0.2) is 14.6 Å². The molecule has 0 fully saturated rings. The first-order valence-corrected chi connectivity index (χ1v) is 9.28. The van der Waals surface area contributed by atoms with Gasteiger partial charge in [0.15, 0.2) is 5.65 Å². The van der Waals surface area contributed by atoms with Gasteiger partial charge in [0.1, 0.15) is 5.69 Å². The third-order valence-corrected chi connectivity index (χ3v) is 4.76. The fourth-order valence-electron chi connectivity index (χ4n) is 3.24. The largest absolute Gasteiger partial charge is 0.359 e. The molecule has 5 aromatic rings. The van der Waals surface area contributed by atoms with Gasteiger partial charge in [-0.1, -0.05) is 29.7 Å².